The normalized spacial score (nSPS) is 15.5. The van der Waals surface area contributed by atoms with Crippen LogP contribution in [-0.4, -0.2) is 74.4 Å². The molecule has 0 amide bonds. The summed E-state index contributed by atoms with van der Waals surface area (Å²) in [7, 11) is 2.13. The molecule has 1 aliphatic rings. The van der Waals surface area contributed by atoms with Crippen molar-refractivity contribution in [3.8, 4) is 0 Å². The van der Waals surface area contributed by atoms with Crippen molar-refractivity contribution in [2.45, 2.75) is 32.1 Å². The fourth-order valence-electron chi connectivity index (χ4n) is 3.52. The lowest BCUT2D eigenvalue weighted by atomic mass is 10.2. The Morgan fingerprint density at radius 1 is 1.00 bits per heavy atom. The quantitative estimate of drug-likeness (QED) is 0.280. The highest BCUT2D eigenvalue weighted by molar-refractivity contribution is 6.30. The van der Waals surface area contributed by atoms with Crippen LogP contribution in [0.2, 0.25) is 5.02 Å². The molecular weight excluding hydrogens is 380 g/mol. The molecule has 0 unspecified atom stereocenters. The highest BCUT2D eigenvalue weighted by Crippen LogP contribution is 2.17. The molecule has 0 bridgehead atoms. The first kappa shape index (κ1) is 22.7. The van der Waals surface area contributed by atoms with E-state index in [1.165, 1.54) is 5.69 Å². The molecule has 0 spiro atoms. The van der Waals surface area contributed by atoms with Crippen molar-refractivity contribution in [3.05, 3.63) is 39.4 Å². The van der Waals surface area contributed by atoms with E-state index < -0.39 is 5.09 Å². The first-order valence-electron chi connectivity index (χ1n) is 10.2. The average Bonchev–Trinajstić information content (AvgIpc) is 2.68. The van der Waals surface area contributed by atoms with Crippen LogP contribution in [-0.2, 0) is 4.84 Å². The van der Waals surface area contributed by atoms with Crippen molar-refractivity contribution >= 4 is 17.3 Å². The fraction of sp³-hybridized carbons (Fsp3) is 0.700. The monoisotopic (exact) mass is 412 g/mol. The zero-order chi connectivity index (χ0) is 20.2. The minimum Gasteiger partial charge on any atom is -0.375 e. The lowest BCUT2D eigenvalue weighted by Gasteiger charge is -2.35. The number of rotatable bonds is 13. The SMILES string of the molecule is CN(CCCN1CCN(CCCCCCO[N+](=O)[O-])CC1)c1ccc(Cl)cc1. The van der Waals surface area contributed by atoms with Crippen LogP contribution in [0.1, 0.15) is 32.1 Å². The summed E-state index contributed by atoms with van der Waals surface area (Å²) >= 11 is 5.95. The van der Waals surface area contributed by atoms with Gasteiger partial charge in [0.15, 0.2) is 0 Å². The molecule has 0 atom stereocenters. The van der Waals surface area contributed by atoms with Gasteiger partial charge in [-0.25, -0.2) is 0 Å². The van der Waals surface area contributed by atoms with Gasteiger partial charge >= 0.3 is 0 Å². The minimum absolute atomic E-state index is 0.221. The molecule has 158 valence electrons. The van der Waals surface area contributed by atoms with Crippen LogP contribution in [0.5, 0.6) is 0 Å². The first-order chi connectivity index (χ1) is 13.5. The van der Waals surface area contributed by atoms with Gasteiger partial charge in [-0.15, -0.1) is 10.1 Å². The van der Waals surface area contributed by atoms with E-state index in [4.69, 9.17) is 11.6 Å². The molecule has 0 radical (unpaired) electrons. The molecule has 1 saturated heterocycles. The van der Waals surface area contributed by atoms with E-state index in [-0.39, 0.29) is 6.61 Å². The second kappa shape index (κ2) is 12.8. The number of unbranched alkanes of at least 4 members (excludes halogenated alkanes) is 3. The standard InChI is InChI=1S/C20H33ClN4O3/c1-22(20-9-7-19(21)8-10-20)11-6-13-24-16-14-23(15-17-24)12-4-2-3-5-18-28-25(26)27/h7-10H,2-6,11-18H2,1H3. The fourth-order valence-corrected chi connectivity index (χ4v) is 3.65. The number of hydrogen-bond donors (Lipinski definition) is 0. The Kier molecular flexibility index (Phi) is 10.4. The van der Waals surface area contributed by atoms with Gasteiger partial charge in [0, 0.05) is 50.5 Å². The van der Waals surface area contributed by atoms with Crippen LogP contribution in [0.15, 0.2) is 24.3 Å². The summed E-state index contributed by atoms with van der Waals surface area (Å²) in [5, 5.41) is 10.1. The molecule has 1 fully saturated rings. The van der Waals surface area contributed by atoms with Crippen molar-refractivity contribution in [1.82, 2.24) is 9.80 Å². The Morgan fingerprint density at radius 2 is 1.57 bits per heavy atom. The minimum atomic E-state index is -0.713. The summed E-state index contributed by atoms with van der Waals surface area (Å²) in [6.45, 7) is 8.09. The van der Waals surface area contributed by atoms with Crippen molar-refractivity contribution in [2.75, 3.05) is 64.4 Å². The van der Waals surface area contributed by atoms with Crippen LogP contribution < -0.4 is 4.90 Å². The number of anilines is 1. The lowest BCUT2D eigenvalue weighted by molar-refractivity contribution is -0.757. The third kappa shape index (κ3) is 9.08. The summed E-state index contributed by atoms with van der Waals surface area (Å²) < 4.78 is 0. The molecule has 8 heteroatoms. The van der Waals surface area contributed by atoms with Crippen LogP contribution in [0.4, 0.5) is 5.69 Å². The molecule has 0 saturated carbocycles. The second-order valence-corrected chi connectivity index (χ2v) is 7.84. The maximum Gasteiger partial charge on any atom is 0.294 e. The smallest absolute Gasteiger partial charge is 0.294 e. The van der Waals surface area contributed by atoms with Crippen molar-refractivity contribution in [1.29, 1.82) is 0 Å². The van der Waals surface area contributed by atoms with E-state index in [0.717, 1.165) is 82.9 Å². The Hall–Kier alpha value is -1.57. The van der Waals surface area contributed by atoms with E-state index in [2.05, 4.69) is 38.7 Å². The molecule has 28 heavy (non-hydrogen) atoms. The molecular formula is C20H33ClN4O3. The van der Waals surface area contributed by atoms with Gasteiger partial charge in [-0.2, -0.15) is 0 Å². The Labute approximate surface area is 173 Å². The second-order valence-electron chi connectivity index (χ2n) is 7.41. The average molecular weight is 413 g/mol. The summed E-state index contributed by atoms with van der Waals surface area (Å²) in [5.41, 5.74) is 1.21. The van der Waals surface area contributed by atoms with Gasteiger partial charge in [0.25, 0.3) is 5.09 Å². The lowest BCUT2D eigenvalue weighted by Crippen LogP contribution is -2.47. The zero-order valence-corrected chi connectivity index (χ0v) is 17.6. The number of nitrogens with zero attached hydrogens (tertiary/aromatic N) is 4. The van der Waals surface area contributed by atoms with E-state index in [9.17, 15) is 10.1 Å². The van der Waals surface area contributed by atoms with Crippen molar-refractivity contribution in [2.24, 2.45) is 0 Å². The highest BCUT2D eigenvalue weighted by atomic mass is 35.5. The molecule has 1 aromatic carbocycles. The molecule has 2 rings (SSSR count). The molecule has 0 N–H and O–H groups in total. The summed E-state index contributed by atoms with van der Waals surface area (Å²) in [4.78, 5) is 21.8. The maximum absolute atomic E-state index is 10.1. The highest BCUT2D eigenvalue weighted by Gasteiger charge is 2.16. The van der Waals surface area contributed by atoms with Gasteiger partial charge in [0.1, 0.15) is 0 Å². The van der Waals surface area contributed by atoms with Crippen molar-refractivity contribution in [3.63, 3.8) is 0 Å². The summed E-state index contributed by atoms with van der Waals surface area (Å²) in [6.07, 6.45) is 5.18. The molecule has 1 aliphatic heterocycles. The van der Waals surface area contributed by atoms with Crippen LogP contribution in [0.3, 0.4) is 0 Å². The summed E-state index contributed by atoms with van der Waals surface area (Å²) in [5.74, 6) is 0. The zero-order valence-electron chi connectivity index (χ0n) is 16.9. The van der Waals surface area contributed by atoms with Gasteiger partial charge in [0.2, 0.25) is 0 Å². The van der Waals surface area contributed by atoms with Gasteiger partial charge in [-0.3, -0.25) is 0 Å². The Balaban J connectivity index is 1.48. The molecule has 7 nitrogen and oxygen atoms in total. The van der Waals surface area contributed by atoms with E-state index in [1.807, 2.05) is 12.1 Å². The number of hydrogen-bond acceptors (Lipinski definition) is 6. The summed E-state index contributed by atoms with van der Waals surface area (Å²) in [6, 6.07) is 8.01. The van der Waals surface area contributed by atoms with E-state index in [0.29, 0.717) is 0 Å². The van der Waals surface area contributed by atoms with Crippen LogP contribution in [0.25, 0.3) is 0 Å². The van der Waals surface area contributed by atoms with Crippen LogP contribution in [0, 0.1) is 10.1 Å². The Morgan fingerprint density at radius 3 is 2.18 bits per heavy atom. The van der Waals surface area contributed by atoms with Gasteiger partial charge in [-0.1, -0.05) is 24.4 Å². The molecule has 1 aromatic rings. The van der Waals surface area contributed by atoms with Gasteiger partial charge in [0.05, 0.1) is 6.61 Å². The Bertz CT molecular complexity index is 565. The first-order valence-corrected chi connectivity index (χ1v) is 10.6. The predicted octanol–water partition coefficient (Wildman–Crippen LogP) is 3.55. The number of benzene rings is 1. The third-order valence-electron chi connectivity index (χ3n) is 5.27. The topological polar surface area (TPSA) is 62.1 Å². The van der Waals surface area contributed by atoms with E-state index >= 15 is 0 Å². The van der Waals surface area contributed by atoms with E-state index in [1.54, 1.807) is 0 Å². The van der Waals surface area contributed by atoms with Gasteiger partial charge in [-0.05, 0) is 56.6 Å². The predicted molar refractivity (Wildman–Crippen MR) is 114 cm³/mol. The number of halogens is 1. The van der Waals surface area contributed by atoms with Crippen LogP contribution >= 0.6 is 11.6 Å². The molecule has 0 aromatic heterocycles. The molecule has 0 aliphatic carbocycles. The third-order valence-corrected chi connectivity index (χ3v) is 5.52. The largest absolute Gasteiger partial charge is 0.375 e. The molecule has 1 heterocycles. The van der Waals surface area contributed by atoms with Gasteiger partial charge < -0.3 is 19.5 Å². The number of piperazine rings is 1. The maximum atomic E-state index is 10.1. The van der Waals surface area contributed by atoms with Crippen molar-refractivity contribution < 1.29 is 9.92 Å².